The van der Waals surface area contributed by atoms with Gasteiger partial charge in [0.25, 0.3) is 0 Å². The van der Waals surface area contributed by atoms with Crippen LogP contribution in [0.25, 0.3) is 0 Å². The van der Waals surface area contributed by atoms with Crippen LogP contribution < -0.4 is 0 Å². The first-order valence-corrected chi connectivity index (χ1v) is 8.69. The van der Waals surface area contributed by atoms with E-state index in [1.165, 1.54) is 12.8 Å². The highest BCUT2D eigenvalue weighted by Crippen LogP contribution is 2.43. The maximum absolute atomic E-state index is 11.5. The van der Waals surface area contributed by atoms with Gasteiger partial charge in [0.05, 0.1) is 0 Å². The summed E-state index contributed by atoms with van der Waals surface area (Å²) in [5.41, 5.74) is 0. The number of hydrogen-bond donors (Lipinski definition) is 0. The number of ketones is 2. The van der Waals surface area contributed by atoms with Gasteiger partial charge in [-0.3, -0.25) is 9.59 Å². The number of rotatable bonds is 5. The molecule has 2 atom stereocenters. The molecule has 0 bridgehead atoms. The average molecular weight is 278 g/mol. The molecule has 0 amide bonds. The molecule has 2 nitrogen and oxygen atoms in total. The van der Waals surface area contributed by atoms with Gasteiger partial charge in [-0.25, -0.2) is 0 Å². The standard InChI is InChI=1S/C18H30O2/c1-3-17(13-5-9-15(19)10-6-13)18(4-2)14-7-11-16(20)12-8-14/h13-14,17-18H,3-12H2,1-2H3/t17-,18-/m1/s1. The van der Waals surface area contributed by atoms with Crippen LogP contribution in [0.3, 0.4) is 0 Å². The Bertz CT molecular complexity index is 293. The topological polar surface area (TPSA) is 34.1 Å². The summed E-state index contributed by atoms with van der Waals surface area (Å²) in [5, 5.41) is 0. The first-order valence-electron chi connectivity index (χ1n) is 8.69. The minimum atomic E-state index is 0.465. The minimum absolute atomic E-state index is 0.465. The molecule has 20 heavy (non-hydrogen) atoms. The van der Waals surface area contributed by atoms with Crippen LogP contribution in [0.1, 0.15) is 78.1 Å². The van der Waals surface area contributed by atoms with E-state index in [0.29, 0.717) is 11.6 Å². The highest BCUT2D eigenvalue weighted by molar-refractivity contribution is 5.79. The Morgan fingerprint density at radius 2 is 1.05 bits per heavy atom. The summed E-state index contributed by atoms with van der Waals surface area (Å²) in [4.78, 5) is 22.9. The third-order valence-corrected chi connectivity index (χ3v) is 5.88. The van der Waals surface area contributed by atoms with Crippen LogP contribution in [0.4, 0.5) is 0 Å². The fourth-order valence-corrected chi connectivity index (χ4v) is 4.75. The van der Waals surface area contributed by atoms with Gasteiger partial charge in [-0.05, 0) is 49.4 Å². The van der Waals surface area contributed by atoms with Gasteiger partial charge < -0.3 is 0 Å². The van der Waals surface area contributed by atoms with E-state index in [1.807, 2.05) is 0 Å². The summed E-state index contributed by atoms with van der Waals surface area (Å²) < 4.78 is 0. The molecule has 0 saturated heterocycles. The van der Waals surface area contributed by atoms with Crippen LogP contribution in [0.15, 0.2) is 0 Å². The Hall–Kier alpha value is -0.660. The largest absolute Gasteiger partial charge is 0.300 e. The van der Waals surface area contributed by atoms with E-state index in [9.17, 15) is 9.59 Å². The van der Waals surface area contributed by atoms with Crippen LogP contribution in [0.5, 0.6) is 0 Å². The molecule has 114 valence electrons. The fraction of sp³-hybridized carbons (Fsp3) is 0.889. The number of Topliss-reactive ketones (excluding diaryl/α,β-unsaturated/α-hetero) is 2. The first kappa shape index (κ1) is 15.7. The normalized spacial score (nSPS) is 25.7. The predicted octanol–water partition coefficient (Wildman–Crippen LogP) is 4.56. The maximum Gasteiger partial charge on any atom is 0.132 e. The highest BCUT2D eigenvalue weighted by atomic mass is 16.1. The van der Waals surface area contributed by atoms with Gasteiger partial charge in [-0.15, -0.1) is 0 Å². The number of carbonyl (C=O) groups is 2. The van der Waals surface area contributed by atoms with Crippen molar-refractivity contribution in [3.63, 3.8) is 0 Å². The van der Waals surface area contributed by atoms with Crippen LogP contribution in [0, 0.1) is 23.7 Å². The Kier molecular flexibility index (Phi) is 5.80. The summed E-state index contributed by atoms with van der Waals surface area (Å²) in [6, 6.07) is 0. The third kappa shape index (κ3) is 3.71. The second-order valence-electron chi connectivity index (χ2n) is 6.90. The second-order valence-corrected chi connectivity index (χ2v) is 6.90. The van der Waals surface area contributed by atoms with Crippen molar-refractivity contribution in [3.8, 4) is 0 Å². The molecule has 0 unspecified atom stereocenters. The number of carbonyl (C=O) groups excluding carboxylic acids is 2. The molecule has 2 aliphatic carbocycles. The predicted molar refractivity (Wildman–Crippen MR) is 81.5 cm³/mol. The lowest BCUT2D eigenvalue weighted by Gasteiger charge is -2.40. The van der Waals surface area contributed by atoms with Crippen LogP contribution in [0.2, 0.25) is 0 Å². The van der Waals surface area contributed by atoms with Crippen molar-refractivity contribution in [1.82, 2.24) is 0 Å². The lowest BCUT2D eigenvalue weighted by molar-refractivity contribution is -0.123. The van der Waals surface area contributed by atoms with E-state index in [4.69, 9.17) is 0 Å². The van der Waals surface area contributed by atoms with Crippen LogP contribution in [-0.4, -0.2) is 11.6 Å². The van der Waals surface area contributed by atoms with Crippen molar-refractivity contribution in [2.75, 3.05) is 0 Å². The SMILES string of the molecule is CC[C@H](C1CCC(=O)CC1)[C@H](CC)C1CCC(=O)CC1. The van der Waals surface area contributed by atoms with Gasteiger partial charge in [0.1, 0.15) is 11.6 Å². The molecule has 2 aliphatic rings. The minimum Gasteiger partial charge on any atom is -0.300 e. The molecule has 0 N–H and O–H groups in total. The van der Waals surface area contributed by atoms with E-state index in [2.05, 4.69) is 13.8 Å². The van der Waals surface area contributed by atoms with E-state index in [1.54, 1.807) is 0 Å². The van der Waals surface area contributed by atoms with Crippen molar-refractivity contribution in [2.45, 2.75) is 78.1 Å². The number of hydrogen-bond acceptors (Lipinski definition) is 2. The fourth-order valence-electron chi connectivity index (χ4n) is 4.75. The molecule has 2 fully saturated rings. The first-order chi connectivity index (χ1) is 9.65. The van der Waals surface area contributed by atoms with Gasteiger partial charge in [-0.1, -0.05) is 26.7 Å². The van der Waals surface area contributed by atoms with E-state index < -0.39 is 0 Å². The summed E-state index contributed by atoms with van der Waals surface area (Å²) in [5.74, 6) is 3.97. The van der Waals surface area contributed by atoms with Crippen molar-refractivity contribution in [3.05, 3.63) is 0 Å². The molecule has 0 aromatic rings. The molecular formula is C18H30O2. The Balaban J connectivity index is 1.99. The summed E-state index contributed by atoms with van der Waals surface area (Å²) in [6.07, 6.45) is 10.1. The van der Waals surface area contributed by atoms with Crippen LogP contribution >= 0.6 is 0 Å². The van der Waals surface area contributed by atoms with E-state index in [-0.39, 0.29) is 0 Å². The van der Waals surface area contributed by atoms with Gasteiger partial charge in [-0.2, -0.15) is 0 Å². The van der Waals surface area contributed by atoms with Crippen molar-refractivity contribution in [2.24, 2.45) is 23.7 Å². The quantitative estimate of drug-likeness (QED) is 0.739. The summed E-state index contributed by atoms with van der Waals surface area (Å²) in [7, 11) is 0. The summed E-state index contributed by atoms with van der Waals surface area (Å²) in [6.45, 7) is 4.63. The molecule has 0 heterocycles. The second kappa shape index (κ2) is 7.38. The lowest BCUT2D eigenvalue weighted by atomic mass is 9.65. The monoisotopic (exact) mass is 278 g/mol. The van der Waals surface area contributed by atoms with E-state index in [0.717, 1.165) is 75.0 Å². The Morgan fingerprint density at radius 3 is 1.30 bits per heavy atom. The molecule has 2 rings (SSSR count). The van der Waals surface area contributed by atoms with Crippen molar-refractivity contribution < 1.29 is 9.59 Å². The molecular weight excluding hydrogens is 248 g/mol. The zero-order valence-electron chi connectivity index (χ0n) is 13.2. The van der Waals surface area contributed by atoms with Gasteiger partial charge >= 0.3 is 0 Å². The zero-order valence-corrected chi connectivity index (χ0v) is 13.2. The van der Waals surface area contributed by atoms with Crippen LogP contribution in [-0.2, 0) is 9.59 Å². The molecule has 2 heteroatoms. The molecule has 0 spiro atoms. The Morgan fingerprint density at radius 1 is 0.750 bits per heavy atom. The molecule has 2 saturated carbocycles. The van der Waals surface area contributed by atoms with Gasteiger partial charge in [0.2, 0.25) is 0 Å². The molecule has 0 aromatic carbocycles. The molecule has 0 aromatic heterocycles. The maximum atomic E-state index is 11.5. The third-order valence-electron chi connectivity index (χ3n) is 5.88. The molecule has 0 radical (unpaired) electrons. The highest BCUT2D eigenvalue weighted by Gasteiger charge is 2.35. The van der Waals surface area contributed by atoms with Gasteiger partial charge in [0.15, 0.2) is 0 Å². The lowest BCUT2D eigenvalue weighted by Crippen LogP contribution is -2.33. The van der Waals surface area contributed by atoms with Gasteiger partial charge in [0, 0.05) is 25.7 Å². The summed E-state index contributed by atoms with van der Waals surface area (Å²) >= 11 is 0. The van der Waals surface area contributed by atoms with Crippen molar-refractivity contribution >= 4 is 11.6 Å². The van der Waals surface area contributed by atoms with Crippen molar-refractivity contribution in [1.29, 1.82) is 0 Å². The average Bonchev–Trinajstić information content (AvgIpc) is 2.47. The smallest absolute Gasteiger partial charge is 0.132 e. The zero-order chi connectivity index (χ0) is 14.5. The molecule has 0 aliphatic heterocycles. The Labute approximate surface area is 123 Å². The van der Waals surface area contributed by atoms with E-state index >= 15 is 0 Å².